The molecule has 0 bridgehead atoms. The smallest absolute Gasteiger partial charge is 0.139 e. The van der Waals surface area contributed by atoms with Gasteiger partial charge in [-0.3, -0.25) is 4.68 Å². The maximum absolute atomic E-state index is 4.42. The van der Waals surface area contributed by atoms with Gasteiger partial charge in [0.25, 0.3) is 0 Å². The minimum atomic E-state index is 0.739. The van der Waals surface area contributed by atoms with Gasteiger partial charge in [0.1, 0.15) is 17.5 Å². The van der Waals surface area contributed by atoms with Crippen molar-refractivity contribution in [1.29, 1.82) is 0 Å². The zero-order valence-electron chi connectivity index (χ0n) is 11.2. The van der Waals surface area contributed by atoms with Crippen molar-refractivity contribution >= 4 is 17.3 Å². The fraction of sp³-hybridized carbons (Fsp3) is 0.417. The number of hydrogen-bond donors (Lipinski definition) is 2. The van der Waals surface area contributed by atoms with E-state index in [4.69, 9.17) is 0 Å². The molecule has 0 fully saturated rings. The maximum atomic E-state index is 4.42. The van der Waals surface area contributed by atoms with Crippen LogP contribution in [0, 0.1) is 13.8 Å². The van der Waals surface area contributed by atoms with Crippen LogP contribution in [0.5, 0.6) is 0 Å². The van der Waals surface area contributed by atoms with Gasteiger partial charge in [0, 0.05) is 25.4 Å². The first-order valence-corrected chi connectivity index (χ1v) is 5.95. The second kappa shape index (κ2) is 5.03. The lowest BCUT2D eigenvalue weighted by Crippen LogP contribution is -2.07. The van der Waals surface area contributed by atoms with E-state index in [-0.39, 0.29) is 0 Å². The first-order chi connectivity index (χ1) is 8.60. The SMILES string of the molecule is CCNc1nc(C)nc(Nc2cnn(C)c2)c1C. The van der Waals surface area contributed by atoms with Gasteiger partial charge in [-0.25, -0.2) is 9.97 Å². The van der Waals surface area contributed by atoms with E-state index in [0.29, 0.717) is 0 Å². The summed E-state index contributed by atoms with van der Waals surface area (Å²) in [5.41, 5.74) is 1.92. The number of aromatic nitrogens is 4. The lowest BCUT2D eigenvalue weighted by Gasteiger charge is -2.12. The van der Waals surface area contributed by atoms with Crippen LogP contribution in [0.15, 0.2) is 12.4 Å². The van der Waals surface area contributed by atoms with Crippen LogP contribution in [0.1, 0.15) is 18.3 Å². The summed E-state index contributed by atoms with van der Waals surface area (Å²) in [5.74, 6) is 2.42. The van der Waals surface area contributed by atoms with E-state index >= 15 is 0 Å². The third-order valence-electron chi connectivity index (χ3n) is 2.57. The summed E-state index contributed by atoms with van der Waals surface area (Å²) < 4.78 is 1.75. The number of rotatable bonds is 4. The molecule has 0 aliphatic carbocycles. The van der Waals surface area contributed by atoms with Crippen molar-refractivity contribution in [2.24, 2.45) is 7.05 Å². The molecule has 0 saturated carbocycles. The highest BCUT2D eigenvalue weighted by molar-refractivity contribution is 5.63. The molecule has 0 radical (unpaired) electrons. The molecule has 0 aliphatic rings. The van der Waals surface area contributed by atoms with Gasteiger partial charge in [0.2, 0.25) is 0 Å². The van der Waals surface area contributed by atoms with Crippen LogP contribution in [0.2, 0.25) is 0 Å². The molecule has 0 unspecified atom stereocenters. The number of nitrogens with one attached hydrogen (secondary N) is 2. The van der Waals surface area contributed by atoms with E-state index < -0.39 is 0 Å². The number of anilines is 3. The summed E-state index contributed by atoms with van der Waals surface area (Å²) in [6.45, 7) is 6.76. The lowest BCUT2D eigenvalue weighted by molar-refractivity contribution is 0.768. The molecule has 0 amide bonds. The van der Waals surface area contributed by atoms with E-state index in [9.17, 15) is 0 Å². The summed E-state index contributed by atoms with van der Waals surface area (Å²) in [6.07, 6.45) is 3.67. The zero-order valence-corrected chi connectivity index (χ0v) is 11.2. The summed E-state index contributed by atoms with van der Waals surface area (Å²) in [4.78, 5) is 8.81. The van der Waals surface area contributed by atoms with Crippen molar-refractivity contribution in [2.45, 2.75) is 20.8 Å². The van der Waals surface area contributed by atoms with Gasteiger partial charge in [-0.1, -0.05) is 0 Å². The molecule has 0 aliphatic heterocycles. The molecule has 96 valence electrons. The fourth-order valence-electron chi connectivity index (χ4n) is 1.71. The first-order valence-electron chi connectivity index (χ1n) is 5.95. The number of hydrogen-bond acceptors (Lipinski definition) is 5. The number of aryl methyl sites for hydroxylation is 2. The number of nitrogens with zero attached hydrogens (tertiary/aromatic N) is 4. The third-order valence-corrected chi connectivity index (χ3v) is 2.57. The molecule has 0 atom stereocenters. The molecular weight excluding hydrogens is 228 g/mol. The topological polar surface area (TPSA) is 67.7 Å². The van der Waals surface area contributed by atoms with Crippen LogP contribution >= 0.6 is 0 Å². The summed E-state index contributed by atoms with van der Waals surface area (Å²) in [5, 5.41) is 10.6. The van der Waals surface area contributed by atoms with Gasteiger partial charge in [-0.2, -0.15) is 5.10 Å². The highest BCUT2D eigenvalue weighted by Gasteiger charge is 2.09. The second-order valence-electron chi connectivity index (χ2n) is 4.15. The van der Waals surface area contributed by atoms with E-state index in [0.717, 1.165) is 35.3 Å². The Balaban J connectivity index is 2.32. The molecule has 2 aromatic rings. The average molecular weight is 246 g/mol. The van der Waals surface area contributed by atoms with Crippen molar-refractivity contribution in [3.8, 4) is 0 Å². The van der Waals surface area contributed by atoms with Crippen LogP contribution in [0.25, 0.3) is 0 Å². The molecule has 0 aromatic carbocycles. The van der Waals surface area contributed by atoms with Gasteiger partial charge < -0.3 is 10.6 Å². The van der Waals surface area contributed by atoms with Crippen molar-refractivity contribution < 1.29 is 0 Å². The Kier molecular flexibility index (Phi) is 3.45. The Morgan fingerprint density at radius 2 is 1.94 bits per heavy atom. The molecule has 0 spiro atoms. The molecule has 2 N–H and O–H groups in total. The average Bonchev–Trinajstić information content (AvgIpc) is 2.71. The van der Waals surface area contributed by atoms with Gasteiger partial charge >= 0.3 is 0 Å². The standard InChI is InChI=1S/C12H18N6/c1-5-13-11-8(2)12(16-9(3)15-11)17-10-6-14-18(4)7-10/h6-7H,5H2,1-4H3,(H2,13,15,16,17). The minimum Gasteiger partial charge on any atom is -0.370 e. The summed E-state index contributed by atoms with van der Waals surface area (Å²) in [7, 11) is 1.88. The van der Waals surface area contributed by atoms with Gasteiger partial charge in [0.15, 0.2) is 0 Å². The predicted molar refractivity (Wildman–Crippen MR) is 72.2 cm³/mol. The predicted octanol–water partition coefficient (Wildman–Crippen LogP) is 2.00. The monoisotopic (exact) mass is 246 g/mol. The normalized spacial score (nSPS) is 10.4. The summed E-state index contributed by atoms with van der Waals surface area (Å²) in [6, 6.07) is 0. The van der Waals surface area contributed by atoms with Crippen LogP contribution in [0.3, 0.4) is 0 Å². The highest BCUT2D eigenvalue weighted by atomic mass is 15.3. The summed E-state index contributed by atoms with van der Waals surface area (Å²) >= 11 is 0. The van der Waals surface area contributed by atoms with Gasteiger partial charge in [-0.05, 0) is 20.8 Å². The van der Waals surface area contributed by atoms with E-state index in [1.165, 1.54) is 0 Å². The molecule has 18 heavy (non-hydrogen) atoms. The minimum absolute atomic E-state index is 0.739. The van der Waals surface area contributed by atoms with Gasteiger partial charge in [-0.15, -0.1) is 0 Å². The molecule has 0 saturated heterocycles. The Hall–Kier alpha value is -2.11. The van der Waals surface area contributed by atoms with E-state index in [2.05, 4.69) is 25.7 Å². The molecule has 6 heteroatoms. The van der Waals surface area contributed by atoms with Crippen molar-refractivity contribution in [3.05, 3.63) is 23.8 Å². The molecule has 2 rings (SSSR count). The molecule has 2 aromatic heterocycles. The maximum Gasteiger partial charge on any atom is 0.139 e. The first kappa shape index (κ1) is 12.3. The molecule has 2 heterocycles. The Morgan fingerprint density at radius 1 is 1.22 bits per heavy atom. The van der Waals surface area contributed by atoms with E-state index in [1.54, 1.807) is 10.9 Å². The van der Waals surface area contributed by atoms with Crippen LogP contribution in [0.4, 0.5) is 17.3 Å². The third kappa shape index (κ3) is 2.58. The van der Waals surface area contributed by atoms with Crippen molar-refractivity contribution in [3.63, 3.8) is 0 Å². The van der Waals surface area contributed by atoms with Crippen LogP contribution in [-0.4, -0.2) is 26.3 Å². The second-order valence-corrected chi connectivity index (χ2v) is 4.15. The molecular formula is C12H18N6. The van der Waals surface area contributed by atoms with E-state index in [1.807, 2.05) is 34.0 Å². The Morgan fingerprint density at radius 3 is 2.56 bits per heavy atom. The highest BCUT2D eigenvalue weighted by Crippen LogP contribution is 2.22. The largest absolute Gasteiger partial charge is 0.370 e. The van der Waals surface area contributed by atoms with Crippen LogP contribution in [-0.2, 0) is 7.05 Å². The van der Waals surface area contributed by atoms with Gasteiger partial charge in [0.05, 0.1) is 11.9 Å². The van der Waals surface area contributed by atoms with Crippen molar-refractivity contribution in [2.75, 3.05) is 17.2 Å². The van der Waals surface area contributed by atoms with Crippen LogP contribution < -0.4 is 10.6 Å². The van der Waals surface area contributed by atoms with Crippen molar-refractivity contribution in [1.82, 2.24) is 19.7 Å². The zero-order chi connectivity index (χ0) is 13.1. The fourth-order valence-corrected chi connectivity index (χ4v) is 1.71. The quantitative estimate of drug-likeness (QED) is 0.863. The Bertz CT molecular complexity index is 545. The Labute approximate surface area is 106 Å². The molecule has 6 nitrogen and oxygen atoms in total. The lowest BCUT2D eigenvalue weighted by atomic mass is 10.3.